The van der Waals surface area contributed by atoms with Gasteiger partial charge in [0.1, 0.15) is 30.5 Å². The van der Waals surface area contributed by atoms with E-state index in [4.69, 9.17) is 30.9 Å². The highest BCUT2D eigenvalue weighted by Gasteiger charge is 2.41. The molecule has 1 unspecified atom stereocenters. The molecule has 3 aromatic heterocycles. The zero-order chi connectivity index (χ0) is 32.1. The van der Waals surface area contributed by atoms with Crippen molar-refractivity contribution in [1.29, 1.82) is 0 Å². The lowest BCUT2D eigenvalue weighted by Crippen LogP contribution is -2.55. The van der Waals surface area contributed by atoms with Crippen molar-refractivity contribution in [1.82, 2.24) is 45.3 Å². The lowest BCUT2D eigenvalue weighted by atomic mass is 9.75. The Morgan fingerprint density at radius 2 is 2.00 bits per heavy atom. The quantitative estimate of drug-likeness (QED) is 0.202. The molecule has 0 radical (unpaired) electrons. The smallest absolute Gasteiger partial charge is 0.257 e. The lowest BCUT2D eigenvalue weighted by molar-refractivity contribution is -0.138. The molecule has 0 bridgehead atoms. The number of aliphatic hydroxyl groups is 1. The summed E-state index contributed by atoms with van der Waals surface area (Å²) in [5.41, 5.74) is 2.15. The van der Waals surface area contributed by atoms with Crippen LogP contribution in [0.5, 0.6) is 11.6 Å². The molecule has 1 aliphatic carbocycles. The number of aromatic nitrogens is 8. The third kappa shape index (κ3) is 7.57. The van der Waals surface area contributed by atoms with Crippen LogP contribution in [0.3, 0.4) is 0 Å². The van der Waals surface area contributed by atoms with Gasteiger partial charge in [-0.15, -0.1) is 10.2 Å². The zero-order valence-corrected chi connectivity index (χ0v) is 27.1. The van der Waals surface area contributed by atoms with Crippen LogP contribution in [0.4, 0.5) is 11.6 Å². The van der Waals surface area contributed by atoms with Gasteiger partial charge in [-0.25, -0.2) is 14.6 Å². The number of hydrogen-bond acceptors (Lipinski definition) is 12. The first-order chi connectivity index (χ1) is 22.3. The maximum absolute atomic E-state index is 9.39. The van der Waals surface area contributed by atoms with Crippen LogP contribution in [0.1, 0.15) is 52.5 Å². The molecule has 246 valence electrons. The second-order valence-corrected chi connectivity index (χ2v) is 12.7. The monoisotopic (exact) mass is 652 g/mol. The number of benzene rings is 1. The number of tetrazole rings is 1. The van der Waals surface area contributed by atoms with Gasteiger partial charge in [-0.3, -0.25) is 4.68 Å². The summed E-state index contributed by atoms with van der Waals surface area (Å²) < 4.78 is 21.8. The second-order valence-electron chi connectivity index (χ2n) is 12.3. The summed E-state index contributed by atoms with van der Waals surface area (Å²) in [6.45, 7) is 8.57. The highest BCUT2D eigenvalue weighted by Crippen LogP contribution is 2.41. The zero-order valence-electron chi connectivity index (χ0n) is 26.3. The Balaban J connectivity index is 1.11. The van der Waals surface area contributed by atoms with Crippen molar-refractivity contribution in [3.05, 3.63) is 48.1 Å². The maximum Gasteiger partial charge on any atom is 0.257 e. The van der Waals surface area contributed by atoms with Crippen molar-refractivity contribution in [2.75, 3.05) is 31.6 Å². The molecule has 14 nitrogen and oxygen atoms in total. The fourth-order valence-corrected chi connectivity index (χ4v) is 6.53. The summed E-state index contributed by atoms with van der Waals surface area (Å²) in [5.74, 6) is 1.83. The van der Waals surface area contributed by atoms with E-state index in [-0.39, 0.29) is 37.1 Å². The molecule has 1 saturated carbocycles. The van der Waals surface area contributed by atoms with Crippen molar-refractivity contribution in [3.8, 4) is 22.8 Å². The standard InChI is InChI=1S/C31H41ClN10O4/c1-20-13-33-18-31(3,46-20)24-5-7-25(8-6-24)42-17-27(29(38-42)44-11-10-43)37-30-34-14-23(15-35-30)22-4-9-26(32)28(12-22)45-21(2)16-41-19-36-39-40-41/h4,9,12,14-15,17,19-21,24-25,33,43H,5-8,10-11,13,16,18H2,1-3H3,(H,34,35,37)/t20-,21?,24?,25?,31-/m1/s1. The number of morpholine rings is 1. The Kier molecular flexibility index (Phi) is 9.97. The molecule has 3 atom stereocenters. The number of nitrogens with one attached hydrogen (secondary N) is 2. The van der Waals surface area contributed by atoms with Gasteiger partial charge < -0.3 is 30.0 Å². The molecule has 46 heavy (non-hydrogen) atoms. The van der Waals surface area contributed by atoms with E-state index in [1.54, 1.807) is 23.1 Å². The summed E-state index contributed by atoms with van der Waals surface area (Å²) in [6.07, 6.45) is 11.1. The Morgan fingerprint density at radius 1 is 1.20 bits per heavy atom. The second kappa shape index (κ2) is 14.3. The van der Waals surface area contributed by atoms with Crippen molar-refractivity contribution in [2.45, 2.75) is 76.9 Å². The molecule has 0 spiro atoms. The van der Waals surface area contributed by atoms with Crippen molar-refractivity contribution < 1.29 is 19.3 Å². The van der Waals surface area contributed by atoms with Crippen molar-refractivity contribution in [3.63, 3.8) is 0 Å². The number of hydrogen-bond donors (Lipinski definition) is 3. The molecule has 4 aromatic rings. The molecule has 0 amide bonds. The van der Waals surface area contributed by atoms with Crippen LogP contribution in [0.15, 0.2) is 43.1 Å². The first kappa shape index (κ1) is 32.1. The molecule has 2 aliphatic rings. The number of halogens is 1. The van der Waals surface area contributed by atoms with Crippen LogP contribution in [0.25, 0.3) is 11.1 Å². The first-order valence-electron chi connectivity index (χ1n) is 15.8. The minimum Gasteiger partial charge on any atom is -0.487 e. The number of rotatable bonds is 12. The van der Waals surface area contributed by atoms with Gasteiger partial charge in [-0.2, -0.15) is 0 Å². The molecular weight excluding hydrogens is 612 g/mol. The average molecular weight is 653 g/mol. The van der Waals surface area contributed by atoms with Gasteiger partial charge in [0.15, 0.2) is 0 Å². The lowest BCUT2D eigenvalue weighted by Gasteiger charge is -2.46. The third-order valence-electron chi connectivity index (χ3n) is 8.67. The van der Waals surface area contributed by atoms with Crippen LogP contribution < -0.4 is 20.1 Å². The summed E-state index contributed by atoms with van der Waals surface area (Å²) in [7, 11) is 0. The Labute approximate surface area is 272 Å². The normalized spacial score (nSPS) is 24.0. The molecule has 3 N–H and O–H groups in total. The highest BCUT2D eigenvalue weighted by molar-refractivity contribution is 6.32. The predicted molar refractivity (Wildman–Crippen MR) is 171 cm³/mol. The van der Waals surface area contributed by atoms with E-state index in [0.717, 1.165) is 49.9 Å². The summed E-state index contributed by atoms with van der Waals surface area (Å²) in [6, 6.07) is 5.78. The highest BCUT2D eigenvalue weighted by atomic mass is 35.5. The number of nitrogens with zero attached hydrogens (tertiary/aromatic N) is 8. The van der Waals surface area contributed by atoms with Gasteiger partial charge in [-0.1, -0.05) is 17.7 Å². The molecule has 15 heteroatoms. The van der Waals surface area contributed by atoms with Gasteiger partial charge in [0.05, 0.1) is 42.1 Å². The predicted octanol–water partition coefficient (Wildman–Crippen LogP) is 4.06. The largest absolute Gasteiger partial charge is 0.487 e. The summed E-state index contributed by atoms with van der Waals surface area (Å²) in [5, 5.41) is 32.6. The van der Waals surface area contributed by atoms with E-state index >= 15 is 0 Å². The van der Waals surface area contributed by atoms with E-state index in [1.165, 1.54) is 6.33 Å². The van der Waals surface area contributed by atoms with E-state index in [9.17, 15) is 5.11 Å². The molecule has 4 heterocycles. The molecular formula is C31H41ClN10O4. The Hall–Kier alpha value is -3.85. The van der Waals surface area contributed by atoms with Crippen LogP contribution >= 0.6 is 11.6 Å². The van der Waals surface area contributed by atoms with Crippen LogP contribution in [-0.2, 0) is 11.3 Å². The third-order valence-corrected chi connectivity index (χ3v) is 8.98. The fraction of sp³-hybridized carbons (Fsp3) is 0.548. The number of anilines is 2. The minimum absolute atomic E-state index is 0.114. The SMILES string of the molecule is CC(Cn1cnnn1)Oc1cc(-c2cnc(Nc3cn(C4CCC([C@@]5(C)CNC[C@@H](C)O5)CC4)nc3OCCO)nc2)ccc1Cl. The molecule has 2 fully saturated rings. The topological polar surface area (TPSA) is 159 Å². The van der Waals surface area contributed by atoms with E-state index in [0.29, 0.717) is 40.8 Å². The van der Waals surface area contributed by atoms with Crippen LogP contribution in [0.2, 0.25) is 5.02 Å². The average Bonchev–Trinajstić information content (AvgIpc) is 3.71. The summed E-state index contributed by atoms with van der Waals surface area (Å²) in [4.78, 5) is 9.10. The van der Waals surface area contributed by atoms with E-state index in [1.807, 2.05) is 29.9 Å². The van der Waals surface area contributed by atoms with E-state index in [2.05, 4.69) is 50.0 Å². The number of ether oxygens (including phenoxy) is 3. The van der Waals surface area contributed by atoms with Gasteiger partial charge in [-0.05, 0) is 80.5 Å². The molecule has 1 saturated heterocycles. The number of aliphatic hydroxyl groups excluding tert-OH is 1. The van der Waals surface area contributed by atoms with Gasteiger partial charge >= 0.3 is 0 Å². The van der Waals surface area contributed by atoms with Gasteiger partial charge in [0.2, 0.25) is 5.95 Å². The molecule has 6 rings (SSSR count). The van der Waals surface area contributed by atoms with Crippen LogP contribution in [0, 0.1) is 5.92 Å². The Morgan fingerprint density at radius 3 is 2.72 bits per heavy atom. The van der Waals surface area contributed by atoms with Gasteiger partial charge in [0.25, 0.3) is 5.88 Å². The maximum atomic E-state index is 9.39. The van der Waals surface area contributed by atoms with E-state index < -0.39 is 0 Å². The van der Waals surface area contributed by atoms with Gasteiger partial charge in [0, 0.05) is 31.0 Å². The first-order valence-corrected chi connectivity index (χ1v) is 16.1. The minimum atomic E-state index is -0.215. The molecule has 1 aromatic carbocycles. The Bertz CT molecular complexity index is 1560. The van der Waals surface area contributed by atoms with Crippen LogP contribution in [-0.4, -0.2) is 89.2 Å². The summed E-state index contributed by atoms with van der Waals surface area (Å²) >= 11 is 6.43. The van der Waals surface area contributed by atoms with Crippen molar-refractivity contribution >= 4 is 23.2 Å². The fourth-order valence-electron chi connectivity index (χ4n) is 6.37. The molecule has 1 aliphatic heterocycles. The van der Waals surface area contributed by atoms with Crippen molar-refractivity contribution in [2.24, 2.45) is 5.92 Å².